The van der Waals surface area contributed by atoms with E-state index in [1.165, 1.54) is 6.21 Å². The Morgan fingerprint density at radius 1 is 0.800 bits per heavy atom. The minimum absolute atomic E-state index is 0.315. The van der Waals surface area contributed by atoms with Crippen molar-refractivity contribution >= 4 is 12.1 Å². The van der Waals surface area contributed by atoms with Gasteiger partial charge in [0.15, 0.2) is 11.5 Å². The molecule has 0 saturated heterocycles. The monoisotopic (exact) mass is 466 g/mol. The van der Waals surface area contributed by atoms with Gasteiger partial charge in [0.05, 0.1) is 20.4 Å². The number of carbonyl (C=O) groups excluding carboxylic acids is 1. The van der Waals surface area contributed by atoms with Crippen molar-refractivity contribution < 1.29 is 19.0 Å². The summed E-state index contributed by atoms with van der Waals surface area (Å²) in [5.74, 6) is 1.63. The molecule has 1 amide bonds. The lowest BCUT2D eigenvalue weighted by molar-refractivity contribution is 0.0955. The average Bonchev–Trinajstić information content (AvgIpc) is 2.92. The van der Waals surface area contributed by atoms with Crippen LogP contribution < -0.4 is 19.6 Å². The third kappa shape index (κ3) is 5.86. The molecule has 0 radical (unpaired) electrons. The molecule has 0 aliphatic rings. The number of ether oxygens (including phenoxy) is 3. The zero-order valence-corrected chi connectivity index (χ0v) is 19.6. The molecule has 0 fully saturated rings. The number of carbonyl (C=O) groups is 1. The second-order valence-electron chi connectivity index (χ2n) is 7.63. The normalized spacial score (nSPS) is 10.7. The van der Waals surface area contributed by atoms with E-state index >= 15 is 0 Å². The number of para-hydroxylation sites is 2. The second kappa shape index (κ2) is 11.5. The van der Waals surface area contributed by atoms with E-state index in [1.54, 1.807) is 32.4 Å². The summed E-state index contributed by atoms with van der Waals surface area (Å²) < 4.78 is 16.7. The van der Waals surface area contributed by atoms with Crippen LogP contribution in [0.3, 0.4) is 0 Å². The summed E-state index contributed by atoms with van der Waals surface area (Å²) in [6, 6.07) is 30.7. The highest BCUT2D eigenvalue weighted by Crippen LogP contribution is 2.30. The number of amides is 1. The quantitative estimate of drug-likeness (QED) is 0.253. The molecule has 0 heterocycles. The number of methoxy groups -OCH3 is 2. The molecule has 0 spiro atoms. The van der Waals surface area contributed by atoms with Crippen molar-refractivity contribution in [1.29, 1.82) is 0 Å². The Morgan fingerprint density at radius 3 is 2.26 bits per heavy atom. The standard InChI is InChI=1S/C29H26N2O4/c1-33-27-14-8-11-24(28(27)34-2)19-30-31-29(32)23-17-15-21(16-18-23)20-35-26-13-7-6-12-25(26)22-9-4-3-5-10-22/h3-19H,20H2,1-2H3,(H,31,32)/b30-19+. The largest absolute Gasteiger partial charge is 0.493 e. The molecule has 0 atom stereocenters. The second-order valence-corrected chi connectivity index (χ2v) is 7.63. The molecule has 0 aliphatic carbocycles. The highest BCUT2D eigenvalue weighted by Gasteiger charge is 2.09. The van der Waals surface area contributed by atoms with Crippen LogP contribution in [0.15, 0.2) is 102 Å². The van der Waals surface area contributed by atoms with E-state index in [1.807, 2.05) is 66.7 Å². The van der Waals surface area contributed by atoms with E-state index < -0.39 is 0 Å². The van der Waals surface area contributed by atoms with Crippen molar-refractivity contribution in [3.05, 3.63) is 114 Å². The SMILES string of the molecule is COc1cccc(/C=N/NC(=O)c2ccc(COc3ccccc3-c3ccccc3)cc2)c1OC. The molecule has 35 heavy (non-hydrogen) atoms. The fourth-order valence-electron chi connectivity index (χ4n) is 3.60. The maximum Gasteiger partial charge on any atom is 0.271 e. The number of nitrogens with one attached hydrogen (secondary N) is 1. The summed E-state index contributed by atoms with van der Waals surface area (Å²) in [6.45, 7) is 0.388. The Bertz CT molecular complexity index is 1300. The van der Waals surface area contributed by atoms with Crippen LogP contribution in [0.25, 0.3) is 11.1 Å². The number of hydrogen-bond acceptors (Lipinski definition) is 5. The average molecular weight is 467 g/mol. The van der Waals surface area contributed by atoms with Crippen LogP contribution in [0.5, 0.6) is 17.2 Å². The van der Waals surface area contributed by atoms with E-state index in [-0.39, 0.29) is 5.91 Å². The van der Waals surface area contributed by atoms with Crippen LogP contribution >= 0.6 is 0 Å². The topological polar surface area (TPSA) is 69.2 Å². The first-order chi connectivity index (χ1) is 17.2. The van der Waals surface area contributed by atoms with Gasteiger partial charge in [0.25, 0.3) is 5.91 Å². The van der Waals surface area contributed by atoms with Crippen LogP contribution in [0.1, 0.15) is 21.5 Å². The molecule has 0 bridgehead atoms. The Morgan fingerprint density at radius 2 is 1.51 bits per heavy atom. The Balaban J connectivity index is 1.37. The third-order valence-electron chi connectivity index (χ3n) is 5.39. The number of hydrogen-bond donors (Lipinski definition) is 1. The molecule has 1 N–H and O–H groups in total. The predicted octanol–water partition coefficient (Wildman–Crippen LogP) is 5.71. The van der Waals surface area contributed by atoms with Crippen molar-refractivity contribution in [1.82, 2.24) is 5.43 Å². The van der Waals surface area contributed by atoms with Crippen LogP contribution in [0.2, 0.25) is 0 Å². The summed E-state index contributed by atoms with van der Waals surface area (Å²) in [5.41, 5.74) is 6.81. The highest BCUT2D eigenvalue weighted by atomic mass is 16.5. The molecule has 6 nitrogen and oxygen atoms in total. The summed E-state index contributed by atoms with van der Waals surface area (Å²) >= 11 is 0. The highest BCUT2D eigenvalue weighted by molar-refractivity contribution is 5.95. The molecule has 0 aliphatic heterocycles. The molecular weight excluding hydrogens is 440 g/mol. The summed E-state index contributed by atoms with van der Waals surface area (Å²) in [6.07, 6.45) is 1.52. The predicted molar refractivity (Wildman–Crippen MR) is 137 cm³/mol. The van der Waals surface area contributed by atoms with Crippen molar-refractivity contribution in [2.75, 3.05) is 14.2 Å². The van der Waals surface area contributed by atoms with Gasteiger partial charge in [-0.25, -0.2) is 5.43 Å². The molecule has 0 saturated carbocycles. The fourth-order valence-corrected chi connectivity index (χ4v) is 3.60. The lowest BCUT2D eigenvalue weighted by Gasteiger charge is -2.12. The van der Waals surface area contributed by atoms with Crippen LogP contribution in [-0.4, -0.2) is 26.3 Å². The number of nitrogens with zero attached hydrogens (tertiary/aromatic N) is 1. The molecule has 0 unspecified atom stereocenters. The van der Waals surface area contributed by atoms with Crippen LogP contribution in [0.4, 0.5) is 0 Å². The first-order valence-electron chi connectivity index (χ1n) is 11.1. The zero-order chi connectivity index (χ0) is 24.5. The van der Waals surface area contributed by atoms with Gasteiger partial charge >= 0.3 is 0 Å². The maximum atomic E-state index is 12.5. The van der Waals surface area contributed by atoms with E-state index in [2.05, 4.69) is 22.7 Å². The van der Waals surface area contributed by atoms with Crippen molar-refractivity contribution in [2.24, 2.45) is 5.10 Å². The van der Waals surface area contributed by atoms with Gasteiger partial charge in [0, 0.05) is 16.7 Å². The lowest BCUT2D eigenvalue weighted by atomic mass is 10.0. The number of rotatable bonds is 9. The van der Waals surface area contributed by atoms with Gasteiger partial charge in [-0.2, -0.15) is 5.10 Å². The van der Waals surface area contributed by atoms with Gasteiger partial charge in [0.2, 0.25) is 0 Å². The minimum Gasteiger partial charge on any atom is -0.493 e. The number of hydrazone groups is 1. The van der Waals surface area contributed by atoms with E-state index in [0.717, 1.165) is 22.4 Å². The maximum absolute atomic E-state index is 12.5. The van der Waals surface area contributed by atoms with Gasteiger partial charge in [-0.1, -0.05) is 66.7 Å². The summed E-state index contributed by atoms with van der Waals surface area (Å²) in [4.78, 5) is 12.5. The molecular formula is C29H26N2O4. The van der Waals surface area contributed by atoms with Gasteiger partial charge in [-0.3, -0.25) is 4.79 Å². The van der Waals surface area contributed by atoms with Crippen molar-refractivity contribution in [3.8, 4) is 28.4 Å². The van der Waals surface area contributed by atoms with Gasteiger partial charge in [-0.05, 0) is 41.5 Å². The molecule has 176 valence electrons. The third-order valence-corrected chi connectivity index (χ3v) is 5.39. The minimum atomic E-state index is -0.315. The first-order valence-corrected chi connectivity index (χ1v) is 11.1. The van der Waals surface area contributed by atoms with E-state index in [0.29, 0.717) is 29.2 Å². The first kappa shape index (κ1) is 23.6. The Kier molecular flexibility index (Phi) is 7.76. The summed E-state index contributed by atoms with van der Waals surface area (Å²) in [7, 11) is 3.12. The van der Waals surface area contributed by atoms with Crippen LogP contribution in [0, 0.1) is 0 Å². The zero-order valence-electron chi connectivity index (χ0n) is 19.6. The van der Waals surface area contributed by atoms with Crippen molar-refractivity contribution in [3.63, 3.8) is 0 Å². The molecule has 4 aromatic rings. The van der Waals surface area contributed by atoms with Crippen molar-refractivity contribution in [2.45, 2.75) is 6.61 Å². The lowest BCUT2D eigenvalue weighted by Crippen LogP contribution is -2.17. The van der Waals surface area contributed by atoms with Gasteiger partial charge < -0.3 is 14.2 Å². The van der Waals surface area contributed by atoms with Gasteiger partial charge in [-0.15, -0.1) is 0 Å². The number of benzene rings is 4. The Labute approximate surface area is 204 Å². The summed E-state index contributed by atoms with van der Waals surface area (Å²) in [5, 5.41) is 4.05. The van der Waals surface area contributed by atoms with E-state index in [4.69, 9.17) is 14.2 Å². The molecule has 0 aromatic heterocycles. The fraction of sp³-hybridized carbons (Fsp3) is 0.103. The van der Waals surface area contributed by atoms with Crippen LogP contribution in [-0.2, 0) is 6.61 Å². The van der Waals surface area contributed by atoms with E-state index in [9.17, 15) is 4.79 Å². The molecule has 4 rings (SSSR count). The molecule has 4 aromatic carbocycles. The molecule has 6 heteroatoms. The smallest absolute Gasteiger partial charge is 0.271 e. The van der Waals surface area contributed by atoms with Gasteiger partial charge in [0.1, 0.15) is 12.4 Å². The Hall–Kier alpha value is -4.58.